The van der Waals surface area contributed by atoms with E-state index in [0.29, 0.717) is 5.69 Å². The molecule has 1 aromatic heterocycles. The van der Waals surface area contributed by atoms with E-state index in [0.717, 1.165) is 21.6 Å². The molecule has 0 aliphatic heterocycles. The van der Waals surface area contributed by atoms with Crippen LogP contribution < -0.4 is 0 Å². The quantitative estimate of drug-likeness (QED) is 0.858. The minimum absolute atomic E-state index is 0.436. The molecule has 0 amide bonds. The first kappa shape index (κ1) is 9.94. The predicted octanol–water partition coefficient (Wildman–Crippen LogP) is 3.02. The van der Waals surface area contributed by atoms with Gasteiger partial charge in [-0.1, -0.05) is 28.1 Å². The minimum atomic E-state index is 0.436. The lowest BCUT2D eigenvalue weighted by atomic mass is 10.1. The number of hydrogen-bond donors (Lipinski definition) is 1. The lowest BCUT2D eigenvalue weighted by molar-refractivity contribution is 1.14. The van der Waals surface area contributed by atoms with Gasteiger partial charge >= 0.3 is 0 Å². The molecule has 15 heavy (non-hydrogen) atoms. The van der Waals surface area contributed by atoms with E-state index in [9.17, 15) is 0 Å². The second kappa shape index (κ2) is 3.87. The maximum atomic E-state index is 8.92. The van der Waals surface area contributed by atoms with Gasteiger partial charge in [0.2, 0.25) is 0 Å². The fourth-order valence-corrected chi connectivity index (χ4v) is 1.82. The van der Waals surface area contributed by atoms with Crippen molar-refractivity contribution >= 4 is 15.9 Å². The van der Waals surface area contributed by atoms with Crippen molar-refractivity contribution < 1.29 is 0 Å². The first-order chi connectivity index (χ1) is 7.20. The Bertz CT molecular complexity index is 537. The number of H-pyrrole nitrogens is 1. The smallest absolute Gasteiger partial charge is 0.166 e. The molecule has 3 nitrogen and oxygen atoms in total. The molecule has 4 heteroatoms. The monoisotopic (exact) mass is 261 g/mol. The number of imidazole rings is 1. The van der Waals surface area contributed by atoms with Gasteiger partial charge in [0.15, 0.2) is 5.69 Å². The second-order valence-electron chi connectivity index (χ2n) is 3.17. The SMILES string of the molecule is Cc1nc(C#N)c(-c2cccc(Br)c2)[nH]1. The van der Waals surface area contributed by atoms with Gasteiger partial charge in [-0.15, -0.1) is 0 Å². The number of nitrogens with one attached hydrogen (secondary N) is 1. The number of aromatic nitrogens is 2. The molecule has 0 aliphatic rings. The molecule has 0 aliphatic carbocycles. The largest absolute Gasteiger partial charge is 0.341 e. The molecule has 0 radical (unpaired) electrons. The molecule has 0 saturated carbocycles. The molecule has 0 saturated heterocycles. The van der Waals surface area contributed by atoms with E-state index < -0.39 is 0 Å². The van der Waals surface area contributed by atoms with Crippen LogP contribution >= 0.6 is 15.9 Å². The molecular weight excluding hydrogens is 254 g/mol. The zero-order valence-corrected chi connectivity index (χ0v) is 9.67. The minimum Gasteiger partial charge on any atom is -0.341 e. The van der Waals surface area contributed by atoms with E-state index in [-0.39, 0.29) is 0 Å². The molecule has 0 fully saturated rings. The highest BCUT2D eigenvalue weighted by atomic mass is 79.9. The summed E-state index contributed by atoms with van der Waals surface area (Å²) >= 11 is 3.40. The van der Waals surface area contributed by atoms with Gasteiger partial charge in [-0.3, -0.25) is 0 Å². The van der Waals surface area contributed by atoms with Crippen molar-refractivity contribution in [2.75, 3.05) is 0 Å². The molecule has 2 aromatic rings. The Morgan fingerprint density at radius 1 is 1.47 bits per heavy atom. The van der Waals surface area contributed by atoms with Gasteiger partial charge < -0.3 is 4.98 Å². The van der Waals surface area contributed by atoms with Gasteiger partial charge in [0, 0.05) is 10.0 Å². The normalized spacial score (nSPS) is 9.93. The molecule has 1 heterocycles. The van der Waals surface area contributed by atoms with Crippen molar-refractivity contribution in [3.8, 4) is 17.3 Å². The van der Waals surface area contributed by atoms with Crippen LogP contribution in [0.2, 0.25) is 0 Å². The highest BCUT2D eigenvalue weighted by Gasteiger charge is 2.09. The van der Waals surface area contributed by atoms with Gasteiger partial charge in [-0.2, -0.15) is 5.26 Å². The summed E-state index contributed by atoms with van der Waals surface area (Å²) in [5.74, 6) is 0.751. The predicted molar refractivity (Wildman–Crippen MR) is 61.2 cm³/mol. The molecule has 0 bridgehead atoms. The molecular formula is C11H8BrN3. The van der Waals surface area contributed by atoms with Crippen molar-refractivity contribution in [1.29, 1.82) is 5.26 Å². The highest BCUT2D eigenvalue weighted by molar-refractivity contribution is 9.10. The highest BCUT2D eigenvalue weighted by Crippen LogP contribution is 2.23. The zero-order valence-electron chi connectivity index (χ0n) is 8.08. The fraction of sp³-hybridized carbons (Fsp3) is 0.0909. The van der Waals surface area contributed by atoms with Gasteiger partial charge in [0.05, 0.1) is 5.69 Å². The van der Waals surface area contributed by atoms with Crippen molar-refractivity contribution in [2.24, 2.45) is 0 Å². The van der Waals surface area contributed by atoms with E-state index in [2.05, 4.69) is 32.0 Å². The number of halogens is 1. The summed E-state index contributed by atoms with van der Waals surface area (Å²) in [6.45, 7) is 1.84. The van der Waals surface area contributed by atoms with Crippen LogP contribution in [0.3, 0.4) is 0 Å². The van der Waals surface area contributed by atoms with Crippen LogP contribution in [0.1, 0.15) is 11.5 Å². The van der Waals surface area contributed by atoms with Crippen LogP contribution in [0.5, 0.6) is 0 Å². The van der Waals surface area contributed by atoms with Crippen LogP contribution in [0.25, 0.3) is 11.3 Å². The van der Waals surface area contributed by atoms with Gasteiger partial charge in [-0.05, 0) is 19.1 Å². The summed E-state index contributed by atoms with van der Waals surface area (Å²) in [6.07, 6.45) is 0. The summed E-state index contributed by atoms with van der Waals surface area (Å²) in [4.78, 5) is 7.19. The summed E-state index contributed by atoms with van der Waals surface area (Å²) in [5, 5.41) is 8.92. The topological polar surface area (TPSA) is 52.5 Å². The lowest BCUT2D eigenvalue weighted by Gasteiger charge is -1.98. The van der Waals surface area contributed by atoms with Crippen molar-refractivity contribution in [3.05, 3.63) is 40.3 Å². The van der Waals surface area contributed by atoms with Crippen LogP contribution in [0, 0.1) is 18.3 Å². The number of hydrogen-bond acceptors (Lipinski definition) is 2. The third-order valence-electron chi connectivity index (χ3n) is 2.04. The Hall–Kier alpha value is -1.60. The number of nitrogens with zero attached hydrogens (tertiary/aromatic N) is 2. The number of aryl methyl sites for hydroxylation is 1. The molecule has 74 valence electrons. The maximum Gasteiger partial charge on any atom is 0.166 e. The second-order valence-corrected chi connectivity index (χ2v) is 4.08. The summed E-state index contributed by atoms with van der Waals surface area (Å²) in [7, 11) is 0. The standard InChI is InChI=1S/C11H8BrN3/c1-7-14-10(6-13)11(15-7)8-3-2-4-9(12)5-8/h2-5H,1H3,(H,14,15). The van der Waals surface area contributed by atoms with Crippen molar-refractivity contribution in [3.63, 3.8) is 0 Å². The Kier molecular flexibility index (Phi) is 2.57. The van der Waals surface area contributed by atoms with E-state index in [1.54, 1.807) is 0 Å². The Balaban J connectivity index is 2.59. The summed E-state index contributed by atoms with van der Waals surface area (Å²) in [6, 6.07) is 9.84. The lowest BCUT2D eigenvalue weighted by Crippen LogP contribution is -1.82. The first-order valence-electron chi connectivity index (χ1n) is 4.43. The van der Waals surface area contributed by atoms with Crippen molar-refractivity contribution in [1.82, 2.24) is 9.97 Å². The number of nitriles is 1. The van der Waals surface area contributed by atoms with E-state index in [1.807, 2.05) is 31.2 Å². The third kappa shape index (κ3) is 1.92. The van der Waals surface area contributed by atoms with Crippen LogP contribution in [-0.2, 0) is 0 Å². The third-order valence-corrected chi connectivity index (χ3v) is 2.53. The van der Waals surface area contributed by atoms with Gasteiger partial charge in [-0.25, -0.2) is 4.98 Å². The van der Waals surface area contributed by atoms with Crippen molar-refractivity contribution in [2.45, 2.75) is 6.92 Å². The van der Waals surface area contributed by atoms with Crippen LogP contribution in [-0.4, -0.2) is 9.97 Å². The Labute approximate surface area is 95.9 Å². The molecule has 1 aromatic carbocycles. The average Bonchev–Trinajstić information content (AvgIpc) is 2.59. The molecule has 2 rings (SSSR count). The van der Waals surface area contributed by atoms with E-state index in [4.69, 9.17) is 5.26 Å². The maximum absolute atomic E-state index is 8.92. The molecule has 0 atom stereocenters. The number of aromatic amines is 1. The number of benzene rings is 1. The molecule has 1 N–H and O–H groups in total. The van der Waals surface area contributed by atoms with Gasteiger partial charge in [0.1, 0.15) is 11.9 Å². The van der Waals surface area contributed by atoms with E-state index in [1.165, 1.54) is 0 Å². The van der Waals surface area contributed by atoms with E-state index >= 15 is 0 Å². The summed E-state index contributed by atoms with van der Waals surface area (Å²) in [5.41, 5.74) is 2.17. The number of rotatable bonds is 1. The van der Waals surface area contributed by atoms with Gasteiger partial charge in [0.25, 0.3) is 0 Å². The Morgan fingerprint density at radius 2 is 2.27 bits per heavy atom. The zero-order chi connectivity index (χ0) is 10.8. The first-order valence-corrected chi connectivity index (χ1v) is 5.22. The average molecular weight is 262 g/mol. The molecule has 0 spiro atoms. The molecule has 0 unspecified atom stereocenters. The Morgan fingerprint density at radius 3 is 2.93 bits per heavy atom. The van der Waals surface area contributed by atoms with Crippen LogP contribution in [0.15, 0.2) is 28.7 Å². The summed E-state index contributed by atoms with van der Waals surface area (Å²) < 4.78 is 0.983. The fourth-order valence-electron chi connectivity index (χ4n) is 1.43. The van der Waals surface area contributed by atoms with Crippen LogP contribution in [0.4, 0.5) is 0 Å².